The van der Waals surface area contributed by atoms with E-state index in [0.29, 0.717) is 48.5 Å². The van der Waals surface area contributed by atoms with Gasteiger partial charge in [-0.3, -0.25) is 19.8 Å². The van der Waals surface area contributed by atoms with Gasteiger partial charge in [0.15, 0.2) is 5.69 Å². The highest BCUT2D eigenvalue weighted by Crippen LogP contribution is 2.37. The van der Waals surface area contributed by atoms with Gasteiger partial charge in [-0.1, -0.05) is 12.1 Å². The van der Waals surface area contributed by atoms with Crippen molar-refractivity contribution in [3.8, 4) is 10.6 Å². The first-order chi connectivity index (χ1) is 21.0. The van der Waals surface area contributed by atoms with Gasteiger partial charge >= 0.3 is 12.2 Å². The molecular weight excluding hydrogens is 599 g/mol. The second-order valence-electron chi connectivity index (χ2n) is 10.4. The molecule has 232 valence electrons. The molecule has 0 radical (unpaired) electrons. The van der Waals surface area contributed by atoms with E-state index in [1.54, 1.807) is 26.0 Å². The number of urea groups is 1. The molecular formula is C29H30F3N7O4S. The Hall–Kier alpha value is -4.34. The third kappa shape index (κ3) is 7.23. The summed E-state index contributed by atoms with van der Waals surface area (Å²) in [4.78, 5) is 49.4. The van der Waals surface area contributed by atoms with E-state index in [4.69, 9.17) is 4.74 Å². The monoisotopic (exact) mass is 629 g/mol. The Labute approximate surface area is 254 Å². The van der Waals surface area contributed by atoms with Crippen LogP contribution < -0.4 is 21.4 Å². The number of fused-ring (bicyclic) bond motifs is 1. The number of hydrogen-bond acceptors (Lipinski definition) is 8. The number of carbonyl (C=O) groups is 2. The SMILES string of the molecule is CC(C)NC(=O)Nc1cc(-c2nc(C(F)(F)F)cs2)c(NC(=O)c2cn(CCN3CCOCC3)c3ccccc3c2=O)cn1. The normalized spacial score (nSPS) is 14.1. The summed E-state index contributed by atoms with van der Waals surface area (Å²) in [5, 5.41) is 8.94. The lowest BCUT2D eigenvalue weighted by molar-refractivity contribution is -0.140. The Balaban J connectivity index is 1.49. The average Bonchev–Trinajstić information content (AvgIpc) is 3.49. The van der Waals surface area contributed by atoms with E-state index in [0.717, 1.165) is 18.5 Å². The first kappa shape index (κ1) is 31.1. The quantitative estimate of drug-likeness (QED) is 0.259. The van der Waals surface area contributed by atoms with Gasteiger partial charge in [0.25, 0.3) is 5.91 Å². The summed E-state index contributed by atoms with van der Waals surface area (Å²) in [6, 6.07) is 7.54. The molecule has 3 aromatic heterocycles. The molecule has 0 saturated carbocycles. The maximum atomic E-state index is 13.6. The Kier molecular flexibility index (Phi) is 9.27. The lowest BCUT2D eigenvalue weighted by Crippen LogP contribution is -2.38. The summed E-state index contributed by atoms with van der Waals surface area (Å²) in [7, 11) is 0. The van der Waals surface area contributed by atoms with Crippen LogP contribution in [-0.2, 0) is 17.5 Å². The van der Waals surface area contributed by atoms with E-state index >= 15 is 0 Å². The summed E-state index contributed by atoms with van der Waals surface area (Å²) in [5.41, 5.74) is -0.973. The second-order valence-corrected chi connectivity index (χ2v) is 11.3. The minimum atomic E-state index is -4.68. The average molecular weight is 630 g/mol. The van der Waals surface area contributed by atoms with Gasteiger partial charge < -0.3 is 19.9 Å². The number of pyridine rings is 2. The van der Waals surface area contributed by atoms with Crippen molar-refractivity contribution in [1.29, 1.82) is 0 Å². The molecule has 1 fully saturated rings. The minimum absolute atomic E-state index is 0.0142. The van der Waals surface area contributed by atoms with Crippen molar-refractivity contribution < 1.29 is 27.5 Å². The van der Waals surface area contributed by atoms with Crippen LogP contribution in [0.4, 0.5) is 29.5 Å². The van der Waals surface area contributed by atoms with Gasteiger partial charge in [0, 0.05) is 54.7 Å². The number of amides is 3. The molecule has 3 amide bonds. The molecule has 4 heterocycles. The molecule has 0 spiro atoms. The fourth-order valence-electron chi connectivity index (χ4n) is 4.70. The number of para-hydroxylation sites is 1. The number of hydrogen-bond donors (Lipinski definition) is 3. The smallest absolute Gasteiger partial charge is 0.379 e. The van der Waals surface area contributed by atoms with Gasteiger partial charge in [-0.15, -0.1) is 11.3 Å². The van der Waals surface area contributed by atoms with Crippen LogP contribution >= 0.6 is 11.3 Å². The van der Waals surface area contributed by atoms with Crippen molar-refractivity contribution in [3.05, 3.63) is 69.6 Å². The molecule has 3 N–H and O–H groups in total. The van der Waals surface area contributed by atoms with E-state index in [1.807, 2.05) is 16.7 Å². The molecule has 0 unspecified atom stereocenters. The number of nitrogens with one attached hydrogen (secondary N) is 3. The Bertz CT molecular complexity index is 1730. The Morgan fingerprint density at radius 1 is 1.11 bits per heavy atom. The van der Waals surface area contributed by atoms with Gasteiger partial charge in [-0.2, -0.15) is 13.2 Å². The molecule has 44 heavy (non-hydrogen) atoms. The number of ether oxygens (including phenoxy) is 1. The number of carbonyl (C=O) groups excluding carboxylic acids is 2. The zero-order valence-corrected chi connectivity index (χ0v) is 24.7. The maximum absolute atomic E-state index is 13.6. The summed E-state index contributed by atoms with van der Waals surface area (Å²) in [6.07, 6.45) is -1.99. The number of morpholine rings is 1. The fourth-order valence-corrected chi connectivity index (χ4v) is 5.55. The van der Waals surface area contributed by atoms with E-state index in [9.17, 15) is 27.6 Å². The van der Waals surface area contributed by atoms with E-state index in [2.05, 4.69) is 30.8 Å². The molecule has 11 nitrogen and oxygen atoms in total. The first-order valence-electron chi connectivity index (χ1n) is 13.8. The zero-order valence-electron chi connectivity index (χ0n) is 23.9. The topological polar surface area (TPSA) is 130 Å². The predicted molar refractivity (Wildman–Crippen MR) is 161 cm³/mol. The lowest BCUT2D eigenvalue weighted by atomic mass is 10.1. The van der Waals surface area contributed by atoms with Crippen LogP contribution in [0.1, 0.15) is 29.9 Å². The van der Waals surface area contributed by atoms with Gasteiger partial charge in [0.05, 0.1) is 30.6 Å². The highest BCUT2D eigenvalue weighted by molar-refractivity contribution is 7.13. The number of halogens is 3. The summed E-state index contributed by atoms with van der Waals surface area (Å²) >= 11 is 0.714. The highest BCUT2D eigenvalue weighted by atomic mass is 32.1. The summed E-state index contributed by atoms with van der Waals surface area (Å²) < 4.78 is 47.4. The first-order valence-corrected chi connectivity index (χ1v) is 14.7. The third-order valence-electron chi connectivity index (χ3n) is 6.83. The Morgan fingerprint density at radius 3 is 2.57 bits per heavy atom. The van der Waals surface area contributed by atoms with Crippen LogP contribution in [0.3, 0.4) is 0 Å². The van der Waals surface area contributed by atoms with Crippen LogP contribution in [0.15, 0.2) is 52.9 Å². The van der Waals surface area contributed by atoms with Crippen molar-refractivity contribution in [1.82, 2.24) is 24.8 Å². The largest absolute Gasteiger partial charge is 0.434 e. The molecule has 0 atom stereocenters. The minimum Gasteiger partial charge on any atom is -0.379 e. The number of aromatic nitrogens is 3. The molecule has 0 aliphatic carbocycles. The molecule has 1 aliphatic heterocycles. The number of anilines is 2. The van der Waals surface area contributed by atoms with Crippen LogP contribution in [0.5, 0.6) is 0 Å². The number of thiazole rings is 1. The van der Waals surface area contributed by atoms with Crippen LogP contribution in [-0.4, -0.2) is 70.3 Å². The Morgan fingerprint density at radius 2 is 1.86 bits per heavy atom. The third-order valence-corrected chi connectivity index (χ3v) is 7.71. The van der Waals surface area contributed by atoms with E-state index in [1.165, 1.54) is 18.5 Å². The van der Waals surface area contributed by atoms with Crippen molar-refractivity contribution in [3.63, 3.8) is 0 Å². The van der Waals surface area contributed by atoms with Crippen molar-refractivity contribution in [2.24, 2.45) is 0 Å². The lowest BCUT2D eigenvalue weighted by Gasteiger charge is -2.27. The zero-order chi connectivity index (χ0) is 31.4. The van der Waals surface area contributed by atoms with Crippen LogP contribution in [0, 0.1) is 0 Å². The van der Waals surface area contributed by atoms with Gasteiger partial charge in [-0.25, -0.2) is 14.8 Å². The maximum Gasteiger partial charge on any atom is 0.434 e. The number of nitrogens with zero attached hydrogens (tertiary/aromatic N) is 4. The van der Waals surface area contributed by atoms with Crippen LogP contribution in [0.25, 0.3) is 21.5 Å². The van der Waals surface area contributed by atoms with Crippen molar-refractivity contribution >= 4 is 45.7 Å². The van der Waals surface area contributed by atoms with E-state index < -0.39 is 29.2 Å². The molecule has 1 saturated heterocycles. The molecule has 5 rings (SSSR count). The van der Waals surface area contributed by atoms with E-state index in [-0.39, 0.29) is 33.7 Å². The molecule has 0 bridgehead atoms. The summed E-state index contributed by atoms with van der Waals surface area (Å²) in [6.45, 7) is 7.52. The highest BCUT2D eigenvalue weighted by Gasteiger charge is 2.34. The standard InChI is InChI=1S/C29H30F3N7O4S/c1-17(2)34-28(42)37-24-13-19(27-36-23(16-44-27)29(30,31)32)21(14-33-24)35-26(41)20-15-39(8-7-38-9-11-43-12-10-38)22-6-4-3-5-18(22)25(20)40/h3-6,13-17H,7-12H2,1-2H3,(H,35,41)(H2,33,34,37,42). The predicted octanol–water partition coefficient (Wildman–Crippen LogP) is 4.65. The molecule has 1 aliphatic rings. The summed E-state index contributed by atoms with van der Waals surface area (Å²) in [5.74, 6) is -0.745. The molecule has 15 heteroatoms. The number of alkyl halides is 3. The van der Waals surface area contributed by atoms with Crippen molar-refractivity contribution in [2.45, 2.75) is 32.6 Å². The fraction of sp³-hybridized carbons (Fsp3) is 0.345. The van der Waals surface area contributed by atoms with Gasteiger partial charge in [0.1, 0.15) is 16.4 Å². The van der Waals surface area contributed by atoms with Crippen molar-refractivity contribution in [2.75, 3.05) is 43.5 Å². The van der Waals surface area contributed by atoms with Gasteiger partial charge in [-0.05, 0) is 32.0 Å². The second kappa shape index (κ2) is 13.1. The van der Waals surface area contributed by atoms with Gasteiger partial charge in [0.2, 0.25) is 5.43 Å². The van der Waals surface area contributed by atoms with Crippen LogP contribution in [0.2, 0.25) is 0 Å². The number of benzene rings is 1. The molecule has 4 aromatic rings. The molecule has 1 aromatic carbocycles. The number of rotatable bonds is 8.